The van der Waals surface area contributed by atoms with Gasteiger partial charge in [0.25, 0.3) is 11.8 Å². The lowest BCUT2D eigenvalue weighted by Gasteiger charge is -2.28. The molecular formula is C49H46FN9O6. The van der Waals surface area contributed by atoms with Gasteiger partial charge in [-0.05, 0) is 67.1 Å². The third kappa shape index (κ3) is 8.74. The summed E-state index contributed by atoms with van der Waals surface area (Å²) in [5, 5.41) is 6.21. The van der Waals surface area contributed by atoms with Gasteiger partial charge in [-0.2, -0.15) is 0 Å². The summed E-state index contributed by atoms with van der Waals surface area (Å²) >= 11 is 0. The van der Waals surface area contributed by atoms with E-state index in [2.05, 4.69) is 25.6 Å². The van der Waals surface area contributed by atoms with Crippen LogP contribution in [-0.2, 0) is 19.1 Å². The lowest BCUT2D eigenvalue weighted by atomic mass is 10.0. The second kappa shape index (κ2) is 18.5. The van der Waals surface area contributed by atoms with E-state index >= 15 is 4.39 Å². The number of carbonyl (C=O) groups is 4. The molecule has 4 atom stereocenters. The van der Waals surface area contributed by atoms with Crippen LogP contribution in [0.1, 0.15) is 72.6 Å². The third-order valence-corrected chi connectivity index (χ3v) is 12.1. The first-order chi connectivity index (χ1) is 31.7. The Morgan fingerprint density at radius 1 is 0.692 bits per heavy atom. The lowest BCUT2D eigenvalue weighted by molar-refractivity contribution is -0.135. The number of alkyl carbamates (subject to hydrolysis) is 2. The number of pyridine rings is 1. The van der Waals surface area contributed by atoms with Gasteiger partial charge in [-0.3, -0.25) is 9.59 Å². The summed E-state index contributed by atoms with van der Waals surface area (Å²) in [5.41, 5.74) is 5.47. The fourth-order valence-electron chi connectivity index (χ4n) is 8.81. The number of likely N-dealkylation sites (tertiary alicyclic amines) is 2. The molecule has 0 spiro atoms. The number of hydrogen-bond acceptors (Lipinski definition) is 9. The van der Waals surface area contributed by atoms with Crippen molar-refractivity contribution in [1.29, 1.82) is 0 Å². The minimum absolute atomic E-state index is 0.247. The van der Waals surface area contributed by atoms with Gasteiger partial charge >= 0.3 is 12.2 Å². The highest BCUT2D eigenvalue weighted by atomic mass is 19.1. The largest absolute Gasteiger partial charge is 0.453 e. The van der Waals surface area contributed by atoms with E-state index in [4.69, 9.17) is 19.4 Å². The summed E-state index contributed by atoms with van der Waals surface area (Å²) < 4.78 is 25.6. The number of fused-ring (bicyclic) bond motifs is 1. The van der Waals surface area contributed by atoms with Gasteiger partial charge in [0, 0.05) is 41.4 Å². The van der Waals surface area contributed by atoms with Crippen LogP contribution in [0.4, 0.5) is 14.0 Å². The van der Waals surface area contributed by atoms with Gasteiger partial charge in [0.1, 0.15) is 29.5 Å². The van der Waals surface area contributed by atoms with E-state index in [1.165, 1.54) is 20.3 Å². The fourth-order valence-corrected chi connectivity index (χ4v) is 8.81. The number of aromatic nitrogens is 5. The van der Waals surface area contributed by atoms with Gasteiger partial charge < -0.3 is 39.9 Å². The molecule has 4 N–H and O–H groups in total. The summed E-state index contributed by atoms with van der Waals surface area (Å²) in [6.07, 6.45) is 4.95. The number of hydrogen-bond donors (Lipinski definition) is 4. The quantitative estimate of drug-likeness (QED) is 0.0991. The van der Waals surface area contributed by atoms with Crippen molar-refractivity contribution in [2.75, 3.05) is 27.3 Å². The van der Waals surface area contributed by atoms with Crippen molar-refractivity contribution < 1.29 is 33.0 Å². The molecule has 330 valence electrons. The van der Waals surface area contributed by atoms with Crippen LogP contribution in [0.15, 0.2) is 122 Å². The van der Waals surface area contributed by atoms with Crippen molar-refractivity contribution in [1.82, 2.24) is 45.4 Å². The van der Waals surface area contributed by atoms with Gasteiger partial charge in [-0.15, -0.1) is 0 Å². The zero-order valence-electron chi connectivity index (χ0n) is 35.7. The number of ether oxygens (including phenoxy) is 2. The van der Waals surface area contributed by atoms with E-state index < -0.39 is 30.1 Å². The highest BCUT2D eigenvalue weighted by Gasteiger charge is 2.38. The Labute approximate surface area is 373 Å². The number of aromatic amines is 2. The van der Waals surface area contributed by atoms with Crippen LogP contribution in [0.5, 0.6) is 0 Å². The number of imidazole rings is 2. The van der Waals surface area contributed by atoms with Crippen LogP contribution in [0.3, 0.4) is 0 Å². The van der Waals surface area contributed by atoms with Crippen molar-refractivity contribution in [3.05, 3.63) is 150 Å². The molecule has 2 aliphatic heterocycles. The predicted octanol–water partition coefficient (Wildman–Crippen LogP) is 8.34. The number of carbonyl (C=O) groups excluding carboxylic acids is 4. The van der Waals surface area contributed by atoms with Crippen molar-refractivity contribution in [3.63, 3.8) is 0 Å². The van der Waals surface area contributed by atoms with Crippen LogP contribution >= 0.6 is 0 Å². The van der Waals surface area contributed by atoms with E-state index in [0.29, 0.717) is 82.4 Å². The molecule has 16 heteroatoms. The number of benzene rings is 4. The molecule has 2 saturated heterocycles. The summed E-state index contributed by atoms with van der Waals surface area (Å²) in [7, 11) is 2.52. The molecule has 0 aliphatic carbocycles. The zero-order valence-corrected chi connectivity index (χ0v) is 35.7. The van der Waals surface area contributed by atoms with Crippen molar-refractivity contribution >= 4 is 34.9 Å². The SMILES string of the molecule is COC(=O)N[C@@H](C(=O)N1CCC[C@H]1c1nc(-c2ccc3nc(-c4ccc(-c5cnc([C@@H]6CCCN6C(=O)[C@H](NC(=O)OC)c6ccccc6)[nH]5)cc4F)ccc3c2)c[nH]1)c1ccccc1. The van der Waals surface area contributed by atoms with Crippen LogP contribution in [-0.4, -0.2) is 86.0 Å². The van der Waals surface area contributed by atoms with Gasteiger partial charge in [0.15, 0.2) is 0 Å². The first-order valence-electron chi connectivity index (χ1n) is 21.4. The maximum atomic E-state index is 15.9. The highest BCUT2D eigenvalue weighted by molar-refractivity contribution is 5.89. The highest BCUT2D eigenvalue weighted by Crippen LogP contribution is 2.37. The molecule has 4 amide bonds. The standard InChI is InChI=1S/C49H46FN9O6/c1-64-48(62)56-42(29-11-5-3-6-12-29)46(60)58-23-9-15-40(58)44-51-27-38(54-44)32-18-21-36-31(25-32)19-22-37(53-36)34-20-17-33(26-35(34)50)39-28-52-45(55-39)41-16-10-24-59(41)47(61)43(57-49(63)65-2)30-13-7-4-8-14-30/h3-8,11-14,17-22,25-28,40-43H,9-10,15-16,23-24H2,1-2H3,(H,51,54)(H,52,55)(H,56,62)(H,57,63)/t40-,41-,42+,43+/m0/s1. The van der Waals surface area contributed by atoms with Gasteiger partial charge in [0.05, 0.1) is 55.1 Å². The maximum Gasteiger partial charge on any atom is 0.407 e. The topological polar surface area (TPSA) is 188 Å². The smallest absolute Gasteiger partial charge is 0.407 e. The third-order valence-electron chi connectivity index (χ3n) is 12.1. The number of nitrogens with zero attached hydrogens (tertiary/aromatic N) is 5. The molecule has 15 nitrogen and oxygen atoms in total. The molecule has 4 aromatic carbocycles. The Hall–Kier alpha value is -7.88. The maximum absolute atomic E-state index is 15.9. The summed E-state index contributed by atoms with van der Waals surface area (Å²) in [6, 6.07) is 29.9. The zero-order chi connectivity index (χ0) is 45.0. The number of H-pyrrole nitrogens is 2. The second-order valence-electron chi connectivity index (χ2n) is 16.0. The minimum atomic E-state index is -0.941. The number of halogens is 1. The van der Waals surface area contributed by atoms with E-state index in [-0.39, 0.29) is 23.9 Å². The van der Waals surface area contributed by atoms with E-state index in [0.717, 1.165) is 23.8 Å². The van der Waals surface area contributed by atoms with E-state index in [1.54, 1.807) is 70.6 Å². The molecule has 0 bridgehead atoms. The van der Waals surface area contributed by atoms with Crippen LogP contribution in [0.25, 0.3) is 44.7 Å². The Balaban J connectivity index is 0.891. The Bertz CT molecular complexity index is 2870. The summed E-state index contributed by atoms with van der Waals surface area (Å²) in [5.74, 6) is 0.229. The molecule has 0 saturated carbocycles. The molecular weight excluding hydrogens is 830 g/mol. The van der Waals surface area contributed by atoms with Crippen LogP contribution in [0, 0.1) is 5.82 Å². The average molecular weight is 876 g/mol. The first kappa shape index (κ1) is 42.4. The lowest BCUT2D eigenvalue weighted by Crippen LogP contribution is -2.42. The Morgan fingerprint density at radius 2 is 1.29 bits per heavy atom. The summed E-state index contributed by atoms with van der Waals surface area (Å²) in [6.45, 7) is 1.000. The van der Waals surface area contributed by atoms with E-state index in [1.807, 2.05) is 54.7 Å². The Kier molecular flexibility index (Phi) is 12.0. The number of methoxy groups -OCH3 is 2. The Morgan fingerprint density at radius 3 is 1.89 bits per heavy atom. The van der Waals surface area contributed by atoms with Crippen molar-refractivity contribution in [2.45, 2.75) is 49.9 Å². The molecule has 7 aromatic rings. The molecule has 2 fully saturated rings. The first-order valence-corrected chi connectivity index (χ1v) is 21.4. The van der Waals surface area contributed by atoms with Crippen LogP contribution in [0.2, 0.25) is 0 Å². The molecule has 5 heterocycles. The van der Waals surface area contributed by atoms with Gasteiger partial charge in [-0.1, -0.05) is 78.9 Å². The summed E-state index contributed by atoms with van der Waals surface area (Å²) in [4.78, 5) is 76.8. The van der Waals surface area contributed by atoms with Crippen molar-refractivity contribution in [2.24, 2.45) is 0 Å². The average Bonchev–Trinajstić information content (AvgIpc) is 4.20. The molecule has 2 aliphatic rings. The molecule has 65 heavy (non-hydrogen) atoms. The molecule has 3 aromatic heterocycles. The number of amides is 4. The number of rotatable bonds is 11. The molecule has 0 radical (unpaired) electrons. The molecule has 0 unspecified atom stereocenters. The minimum Gasteiger partial charge on any atom is -0.453 e. The van der Waals surface area contributed by atoms with E-state index in [9.17, 15) is 19.2 Å². The van der Waals surface area contributed by atoms with Crippen LogP contribution < -0.4 is 10.6 Å². The normalized spacial score (nSPS) is 16.8. The number of nitrogens with one attached hydrogen (secondary N) is 4. The fraction of sp³-hybridized carbons (Fsp3) is 0.245. The van der Waals surface area contributed by atoms with Gasteiger partial charge in [-0.25, -0.2) is 28.9 Å². The predicted molar refractivity (Wildman–Crippen MR) is 239 cm³/mol. The second-order valence-corrected chi connectivity index (χ2v) is 16.0. The van der Waals surface area contributed by atoms with Crippen molar-refractivity contribution in [3.8, 4) is 33.8 Å². The monoisotopic (exact) mass is 875 g/mol. The molecule has 9 rings (SSSR count). The van der Waals surface area contributed by atoms with Gasteiger partial charge in [0.2, 0.25) is 0 Å².